The second-order valence-corrected chi connectivity index (χ2v) is 5.44. The van der Waals surface area contributed by atoms with Crippen LogP contribution < -0.4 is 5.73 Å². The lowest BCUT2D eigenvalue weighted by atomic mass is 9.87. The highest BCUT2D eigenvalue weighted by atomic mass is 32.1. The first-order chi connectivity index (χ1) is 7.29. The van der Waals surface area contributed by atoms with Gasteiger partial charge in [0.15, 0.2) is 0 Å². The van der Waals surface area contributed by atoms with Crippen LogP contribution in [0.15, 0.2) is 11.7 Å². The summed E-state index contributed by atoms with van der Waals surface area (Å²) in [7, 11) is 0. The molecule has 0 spiro atoms. The van der Waals surface area contributed by atoms with Crippen molar-refractivity contribution >= 4 is 11.3 Å². The molecule has 2 heterocycles. The number of nitrogens with two attached hydrogens (primary N) is 1. The number of aromatic nitrogens is 1. The molecule has 2 rings (SSSR count). The van der Waals surface area contributed by atoms with Gasteiger partial charge in [0.25, 0.3) is 0 Å². The summed E-state index contributed by atoms with van der Waals surface area (Å²) in [5.74, 6) is 1.46. The lowest BCUT2D eigenvalue weighted by Gasteiger charge is -2.36. The summed E-state index contributed by atoms with van der Waals surface area (Å²) in [6, 6.07) is 0. The summed E-state index contributed by atoms with van der Waals surface area (Å²) in [6.07, 6.45) is 3.25. The number of hydrogen-bond donors (Lipinski definition) is 1. The molecule has 4 heteroatoms. The molecule has 15 heavy (non-hydrogen) atoms. The third kappa shape index (κ3) is 2.77. The van der Waals surface area contributed by atoms with Gasteiger partial charge in [0.2, 0.25) is 0 Å². The molecule has 3 nitrogen and oxygen atoms in total. The van der Waals surface area contributed by atoms with Gasteiger partial charge in [0, 0.05) is 24.2 Å². The summed E-state index contributed by atoms with van der Waals surface area (Å²) in [4.78, 5) is 7.98. The quantitative estimate of drug-likeness (QED) is 0.849. The summed E-state index contributed by atoms with van der Waals surface area (Å²) >= 11 is 1.74. The smallest absolute Gasteiger partial charge is 0.0794 e. The van der Waals surface area contributed by atoms with Gasteiger partial charge in [0.1, 0.15) is 0 Å². The predicted molar refractivity (Wildman–Crippen MR) is 63.7 cm³/mol. The molecule has 84 valence electrons. The number of piperidine rings is 1. The van der Waals surface area contributed by atoms with Crippen molar-refractivity contribution in [1.82, 2.24) is 9.88 Å². The van der Waals surface area contributed by atoms with Crippen molar-refractivity contribution in [3.8, 4) is 0 Å². The van der Waals surface area contributed by atoms with E-state index in [-0.39, 0.29) is 0 Å². The Morgan fingerprint density at radius 1 is 1.67 bits per heavy atom. The van der Waals surface area contributed by atoms with Crippen molar-refractivity contribution in [2.24, 2.45) is 17.6 Å². The zero-order valence-electron chi connectivity index (χ0n) is 9.22. The van der Waals surface area contributed by atoms with E-state index in [1.54, 1.807) is 11.3 Å². The van der Waals surface area contributed by atoms with E-state index in [0.29, 0.717) is 5.92 Å². The topological polar surface area (TPSA) is 42.2 Å². The molecule has 0 saturated carbocycles. The Labute approximate surface area is 95.3 Å². The molecule has 1 saturated heterocycles. The number of rotatable bonds is 3. The highest BCUT2D eigenvalue weighted by molar-refractivity contribution is 7.09. The first-order valence-electron chi connectivity index (χ1n) is 5.59. The van der Waals surface area contributed by atoms with Crippen LogP contribution in [0.25, 0.3) is 0 Å². The Hall–Kier alpha value is -0.450. The molecule has 0 aromatic carbocycles. The molecule has 0 radical (unpaired) electrons. The average Bonchev–Trinajstić information content (AvgIpc) is 2.73. The molecular formula is C11H19N3S. The van der Waals surface area contributed by atoms with Crippen LogP contribution in [0.1, 0.15) is 18.2 Å². The van der Waals surface area contributed by atoms with Gasteiger partial charge in [-0.15, -0.1) is 11.3 Å². The molecule has 1 aliphatic heterocycles. The second kappa shape index (κ2) is 5.05. The Balaban J connectivity index is 1.89. The standard InChI is InChI=1S/C11H19N3S/c1-9-2-3-14(6-10(9)4-12)7-11-5-13-8-15-11/h5,8-10H,2-4,6-7,12H2,1H3. The minimum atomic E-state index is 0.673. The molecule has 1 aliphatic rings. The highest BCUT2D eigenvalue weighted by Crippen LogP contribution is 2.23. The highest BCUT2D eigenvalue weighted by Gasteiger charge is 2.24. The third-order valence-electron chi connectivity index (χ3n) is 3.36. The number of hydrogen-bond acceptors (Lipinski definition) is 4. The summed E-state index contributed by atoms with van der Waals surface area (Å²) in [5.41, 5.74) is 7.70. The molecule has 1 fully saturated rings. The molecule has 0 aliphatic carbocycles. The minimum absolute atomic E-state index is 0.673. The van der Waals surface area contributed by atoms with Crippen molar-refractivity contribution in [2.45, 2.75) is 19.9 Å². The van der Waals surface area contributed by atoms with Gasteiger partial charge in [-0.1, -0.05) is 6.92 Å². The van der Waals surface area contributed by atoms with Crippen molar-refractivity contribution < 1.29 is 0 Å². The van der Waals surface area contributed by atoms with E-state index >= 15 is 0 Å². The Morgan fingerprint density at radius 3 is 3.20 bits per heavy atom. The first kappa shape index (κ1) is 11.0. The van der Waals surface area contributed by atoms with Crippen molar-refractivity contribution in [3.05, 3.63) is 16.6 Å². The third-order valence-corrected chi connectivity index (χ3v) is 4.13. The molecule has 2 atom stereocenters. The van der Waals surface area contributed by atoms with Crippen LogP contribution in [0.5, 0.6) is 0 Å². The normalized spacial score (nSPS) is 28.1. The van der Waals surface area contributed by atoms with Crippen LogP contribution in [-0.4, -0.2) is 29.5 Å². The summed E-state index contributed by atoms with van der Waals surface area (Å²) in [6.45, 7) is 6.54. The van der Waals surface area contributed by atoms with Gasteiger partial charge in [-0.3, -0.25) is 9.88 Å². The number of likely N-dealkylation sites (tertiary alicyclic amines) is 1. The van der Waals surface area contributed by atoms with E-state index in [0.717, 1.165) is 25.6 Å². The molecule has 1 aromatic heterocycles. The van der Waals surface area contributed by atoms with Crippen LogP contribution in [0.2, 0.25) is 0 Å². The van der Waals surface area contributed by atoms with Crippen LogP contribution in [0.4, 0.5) is 0 Å². The Kier molecular flexibility index (Phi) is 3.72. The molecule has 2 unspecified atom stereocenters. The molecule has 1 aromatic rings. The van der Waals surface area contributed by atoms with Crippen LogP contribution in [0, 0.1) is 11.8 Å². The van der Waals surface area contributed by atoms with Gasteiger partial charge < -0.3 is 5.73 Å². The van der Waals surface area contributed by atoms with E-state index in [1.165, 1.54) is 17.8 Å². The fourth-order valence-corrected chi connectivity index (χ4v) is 2.85. The molecule has 0 bridgehead atoms. The lowest BCUT2D eigenvalue weighted by Crippen LogP contribution is -2.42. The Morgan fingerprint density at radius 2 is 2.53 bits per heavy atom. The Bertz CT molecular complexity index is 286. The van der Waals surface area contributed by atoms with E-state index in [1.807, 2.05) is 11.7 Å². The minimum Gasteiger partial charge on any atom is -0.330 e. The van der Waals surface area contributed by atoms with Crippen LogP contribution >= 0.6 is 11.3 Å². The van der Waals surface area contributed by atoms with E-state index in [9.17, 15) is 0 Å². The summed E-state index contributed by atoms with van der Waals surface area (Å²) in [5, 5.41) is 0. The largest absolute Gasteiger partial charge is 0.330 e. The maximum absolute atomic E-state index is 5.79. The number of thiazole rings is 1. The zero-order valence-corrected chi connectivity index (χ0v) is 10.0. The SMILES string of the molecule is CC1CCN(Cc2cncs2)CC1CN. The van der Waals surface area contributed by atoms with Crippen molar-refractivity contribution in [3.63, 3.8) is 0 Å². The lowest BCUT2D eigenvalue weighted by molar-refractivity contribution is 0.127. The fourth-order valence-electron chi connectivity index (χ4n) is 2.22. The van der Waals surface area contributed by atoms with Gasteiger partial charge >= 0.3 is 0 Å². The average molecular weight is 225 g/mol. The van der Waals surface area contributed by atoms with Gasteiger partial charge in [-0.25, -0.2) is 0 Å². The van der Waals surface area contributed by atoms with Gasteiger partial charge in [-0.2, -0.15) is 0 Å². The van der Waals surface area contributed by atoms with Crippen LogP contribution in [0.3, 0.4) is 0 Å². The first-order valence-corrected chi connectivity index (χ1v) is 6.47. The van der Waals surface area contributed by atoms with E-state index in [2.05, 4.69) is 16.8 Å². The van der Waals surface area contributed by atoms with Crippen molar-refractivity contribution in [1.29, 1.82) is 0 Å². The zero-order chi connectivity index (χ0) is 10.7. The second-order valence-electron chi connectivity index (χ2n) is 4.46. The van der Waals surface area contributed by atoms with Crippen LogP contribution in [-0.2, 0) is 6.54 Å². The maximum atomic E-state index is 5.79. The molecule has 2 N–H and O–H groups in total. The monoisotopic (exact) mass is 225 g/mol. The fraction of sp³-hybridized carbons (Fsp3) is 0.727. The van der Waals surface area contributed by atoms with Gasteiger partial charge in [-0.05, 0) is 31.3 Å². The summed E-state index contributed by atoms with van der Waals surface area (Å²) < 4.78 is 0. The molecular weight excluding hydrogens is 206 g/mol. The number of nitrogens with zero attached hydrogens (tertiary/aromatic N) is 2. The predicted octanol–water partition coefficient (Wildman–Crippen LogP) is 1.56. The molecule has 0 amide bonds. The van der Waals surface area contributed by atoms with Crippen molar-refractivity contribution in [2.75, 3.05) is 19.6 Å². The maximum Gasteiger partial charge on any atom is 0.0794 e. The van der Waals surface area contributed by atoms with E-state index in [4.69, 9.17) is 5.73 Å². The van der Waals surface area contributed by atoms with Gasteiger partial charge in [0.05, 0.1) is 5.51 Å². The van der Waals surface area contributed by atoms with E-state index < -0.39 is 0 Å².